The molecule has 0 aromatic rings. The minimum Gasteiger partial charge on any atom is -0.383 e. The van der Waals surface area contributed by atoms with Crippen LogP contribution in [0.3, 0.4) is 0 Å². The van der Waals surface area contributed by atoms with Crippen molar-refractivity contribution >= 4 is 9.84 Å². The van der Waals surface area contributed by atoms with Gasteiger partial charge in [-0.1, -0.05) is 6.92 Å². The van der Waals surface area contributed by atoms with Crippen LogP contribution in [0.25, 0.3) is 0 Å². The van der Waals surface area contributed by atoms with E-state index >= 15 is 0 Å². The Morgan fingerprint density at radius 2 is 2.08 bits per heavy atom. The SMILES string of the molecule is CCS(=O)(=O)CCNC(C)COC. The van der Waals surface area contributed by atoms with Crippen LogP contribution in [-0.4, -0.2) is 46.2 Å². The van der Waals surface area contributed by atoms with Crippen molar-refractivity contribution in [2.45, 2.75) is 19.9 Å². The van der Waals surface area contributed by atoms with Gasteiger partial charge in [0.1, 0.15) is 0 Å². The Labute approximate surface area is 80.6 Å². The Morgan fingerprint density at radius 3 is 2.54 bits per heavy atom. The molecule has 0 aliphatic heterocycles. The molecule has 0 aliphatic carbocycles. The van der Waals surface area contributed by atoms with Crippen LogP contribution in [0.5, 0.6) is 0 Å². The average Bonchev–Trinajstić information content (AvgIpc) is 2.05. The van der Waals surface area contributed by atoms with Crippen LogP contribution >= 0.6 is 0 Å². The summed E-state index contributed by atoms with van der Waals surface area (Å²) in [6.45, 7) is 4.73. The Kier molecular flexibility index (Phi) is 6.28. The lowest BCUT2D eigenvalue weighted by Crippen LogP contribution is -2.34. The van der Waals surface area contributed by atoms with E-state index in [2.05, 4.69) is 5.32 Å². The number of rotatable bonds is 7. The van der Waals surface area contributed by atoms with E-state index in [1.165, 1.54) is 0 Å². The minimum atomic E-state index is -2.83. The van der Waals surface area contributed by atoms with Crippen molar-refractivity contribution in [2.75, 3.05) is 31.8 Å². The first kappa shape index (κ1) is 12.9. The molecule has 0 radical (unpaired) electrons. The van der Waals surface area contributed by atoms with Gasteiger partial charge in [-0.15, -0.1) is 0 Å². The Balaban J connectivity index is 3.56. The lowest BCUT2D eigenvalue weighted by Gasteiger charge is -2.11. The molecule has 80 valence electrons. The molecule has 0 saturated carbocycles. The highest BCUT2D eigenvalue weighted by Gasteiger charge is 2.07. The van der Waals surface area contributed by atoms with Crippen LogP contribution in [0.15, 0.2) is 0 Å². The van der Waals surface area contributed by atoms with Crippen LogP contribution in [0.1, 0.15) is 13.8 Å². The lowest BCUT2D eigenvalue weighted by molar-refractivity contribution is 0.173. The van der Waals surface area contributed by atoms with E-state index in [9.17, 15) is 8.42 Å². The summed E-state index contributed by atoms with van der Waals surface area (Å²) in [6.07, 6.45) is 0. The summed E-state index contributed by atoms with van der Waals surface area (Å²) in [7, 11) is -1.21. The van der Waals surface area contributed by atoms with Crippen molar-refractivity contribution in [2.24, 2.45) is 0 Å². The van der Waals surface area contributed by atoms with Crippen molar-refractivity contribution in [3.05, 3.63) is 0 Å². The second-order valence-corrected chi connectivity index (χ2v) is 5.52. The summed E-state index contributed by atoms with van der Waals surface area (Å²) in [5.41, 5.74) is 0. The van der Waals surface area contributed by atoms with E-state index < -0.39 is 9.84 Å². The van der Waals surface area contributed by atoms with Crippen molar-refractivity contribution in [3.8, 4) is 0 Å². The van der Waals surface area contributed by atoms with Gasteiger partial charge in [0.25, 0.3) is 0 Å². The number of sulfone groups is 1. The summed E-state index contributed by atoms with van der Waals surface area (Å²) in [5.74, 6) is 0.422. The van der Waals surface area contributed by atoms with E-state index in [0.29, 0.717) is 13.2 Å². The molecule has 0 aromatic heterocycles. The van der Waals surface area contributed by atoms with Crippen LogP contribution < -0.4 is 5.32 Å². The van der Waals surface area contributed by atoms with E-state index in [-0.39, 0.29) is 17.5 Å². The maximum absolute atomic E-state index is 11.1. The van der Waals surface area contributed by atoms with Gasteiger partial charge in [0.15, 0.2) is 9.84 Å². The van der Waals surface area contributed by atoms with E-state index in [0.717, 1.165) is 0 Å². The molecule has 4 nitrogen and oxygen atoms in total. The smallest absolute Gasteiger partial charge is 0.151 e. The third-order valence-electron chi connectivity index (χ3n) is 1.76. The van der Waals surface area contributed by atoms with Crippen LogP contribution in [0, 0.1) is 0 Å². The first-order valence-electron chi connectivity index (χ1n) is 4.44. The van der Waals surface area contributed by atoms with Crippen LogP contribution in [0.2, 0.25) is 0 Å². The molecule has 1 N–H and O–H groups in total. The topological polar surface area (TPSA) is 55.4 Å². The third kappa shape index (κ3) is 6.98. The number of nitrogens with one attached hydrogen (secondary N) is 1. The normalized spacial score (nSPS) is 14.4. The maximum Gasteiger partial charge on any atom is 0.151 e. The van der Waals surface area contributed by atoms with Crippen LogP contribution in [-0.2, 0) is 14.6 Å². The Morgan fingerprint density at radius 1 is 1.46 bits per heavy atom. The second-order valence-electron chi connectivity index (χ2n) is 3.05. The van der Waals surface area contributed by atoms with Gasteiger partial charge in [0, 0.05) is 25.4 Å². The van der Waals surface area contributed by atoms with Gasteiger partial charge in [-0.25, -0.2) is 8.42 Å². The fourth-order valence-corrected chi connectivity index (χ4v) is 1.63. The van der Waals surface area contributed by atoms with Crippen LogP contribution in [0.4, 0.5) is 0 Å². The second kappa shape index (κ2) is 6.34. The van der Waals surface area contributed by atoms with E-state index in [1.807, 2.05) is 6.92 Å². The number of methoxy groups -OCH3 is 1. The fourth-order valence-electron chi connectivity index (χ4n) is 0.914. The lowest BCUT2D eigenvalue weighted by atomic mass is 10.4. The largest absolute Gasteiger partial charge is 0.383 e. The summed E-state index contributed by atoms with van der Waals surface area (Å²) >= 11 is 0. The molecule has 0 aliphatic rings. The number of hydrogen-bond acceptors (Lipinski definition) is 4. The zero-order chi connectivity index (χ0) is 10.3. The molecular weight excluding hydrogens is 190 g/mol. The predicted molar refractivity (Wildman–Crippen MR) is 53.7 cm³/mol. The van der Waals surface area contributed by atoms with Crippen molar-refractivity contribution < 1.29 is 13.2 Å². The highest BCUT2D eigenvalue weighted by molar-refractivity contribution is 7.91. The number of ether oxygens (including phenoxy) is 1. The summed E-state index contributed by atoms with van der Waals surface area (Å²) in [4.78, 5) is 0. The van der Waals surface area contributed by atoms with Gasteiger partial charge in [0.2, 0.25) is 0 Å². The Hall–Kier alpha value is -0.130. The molecule has 0 fully saturated rings. The standard InChI is InChI=1S/C8H19NO3S/c1-4-13(10,11)6-5-9-8(2)7-12-3/h8-9H,4-7H2,1-3H3. The van der Waals surface area contributed by atoms with Gasteiger partial charge in [-0.3, -0.25) is 0 Å². The summed E-state index contributed by atoms with van der Waals surface area (Å²) < 4.78 is 27.0. The monoisotopic (exact) mass is 209 g/mol. The molecule has 1 atom stereocenters. The van der Waals surface area contributed by atoms with Gasteiger partial charge < -0.3 is 10.1 Å². The molecular formula is C8H19NO3S. The van der Waals surface area contributed by atoms with Crippen molar-refractivity contribution in [1.29, 1.82) is 0 Å². The maximum atomic E-state index is 11.1. The fraction of sp³-hybridized carbons (Fsp3) is 1.00. The van der Waals surface area contributed by atoms with Gasteiger partial charge >= 0.3 is 0 Å². The quantitative estimate of drug-likeness (QED) is 0.643. The highest BCUT2D eigenvalue weighted by atomic mass is 32.2. The third-order valence-corrected chi connectivity index (χ3v) is 3.47. The van der Waals surface area contributed by atoms with E-state index in [4.69, 9.17) is 4.74 Å². The summed E-state index contributed by atoms with van der Waals surface area (Å²) in [6, 6.07) is 0.206. The molecule has 0 amide bonds. The molecule has 0 spiro atoms. The van der Waals surface area contributed by atoms with Crippen molar-refractivity contribution in [1.82, 2.24) is 5.32 Å². The van der Waals surface area contributed by atoms with E-state index in [1.54, 1.807) is 14.0 Å². The molecule has 1 unspecified atom stereocenters. The minimum absolute atomic E-state index is 0.206. The zero-order valence-corrected chi connectivity index (χ0v) is 9.36. The Bertz CT molecular complexity index is 213. The number of hydrogen-bond donors (Lipinski definition) is 1. The van der Waals surface area contributed by atoms with Gasteiger partial charge in [-0.2, -0.15) is 0 Å². The predicted octanol–water partition coefficient (Wildman–Crippen LogP) is 0.0456. The highest BCUT2D eigenvalue weighted by Crippen LogP contribution is 1.88. The first-order valence-corrected chi connectivity index (χ1v) is 6.26. The van der Waals surface area contributed by atoms with Gasteiger partial charge in [0.05, 0.1) is 12.4 Å². The zero-order valence-electron chi connectivity index (χ0n) is 8.54. The molecule has 13 heavy (non-hydrogen) atoms. The van der Waals surface area contributed by atoms with Gasteiger partial charge in [-0.05, 0) is 6.92 Å². The molecule has 0 rings (SSSR count). The summed E-state index contributed by atoms with van der Waals surface area (Å²) in [5, 5.41) is 3.07. The molecule has 0 heterocycles. The first-order chi connectivity index (χ1) is 6.02. The molecule has 0 aromatic carbocycles. The average molecular weight is 209 g/mol. The molecule has 0 bridgehead atoms. The van der Waals surface area contributed by atoms with Crippen molar-refractivity contribution in [3.63, 3.8) is 0 Å². The molecule has 5 heteroatoms. The molecule has 0 saturated heterocycles.